The van der Waals surface area contributed by atoms with Gasteiger partial charge in [-0.05, 0) is 60.8 Å². The zero-order valence-electron chi connectivity index (χ0n) is 19.0. The summed E-state index contributed by atoms with van der Waals surface area (Å²) in [6.45, 7) is 8.46. The Bertz CT molecular complexity index is 1010. The average molecular weight is 525 g/mol. The quantitative estimate of drug-likeness (QED) is 0.258. The van der Waals surface area contributed by atoms with Crippen LogP contribution in [0.1, 0.15) is 52.1 Å². The smallest absolute Gasteiger partial charge is 0.338 e. The number of ether oxygens (including phenoxy) is 3. The molecule has 1 atom stereocenters. The monoisotopic (exact) mass is 524 g/mol. The third-order valence-electron chi connectivity index (χ3n) is 4.91. The van der Waals surface area contributed by atoms with Crippen LogP contribution in [0.15, 0.2) is 33.0 Å². The molecule has 2 aromatic rings. The number of rotatable bonds is 10. The first kappa shape index (κ1) is 24.4. The van der Waals surface area contributed by atoms with Crippen LogP contribution in [0.2, 0.25) is 0 Å². The van der Waals surface area contributed by atoms with Crippen molar-refractivity contribution in [3.05, 3.63) is 33.4 Å². The van der Waals surface area contributed by atoms with E-state index in [9.17, 15) is 4.79 Å². The minimum Gasteiger partial charge on any atom is -0.492 e. The Labute approximate surface area is 201 Å². The van der Waals surface area contributed by atoms with Gasteiger partial charge in [-0.15, -0.1) is 5.10 Å². The van der Waals surface area contributed by atoms with E-state index in [2.05, 4.69) is 33.2 Å². The lowest BCUT2D eigenvalue weighted by Crippen LogP contribution is -2.29. The van der Waals surface area contributed by atoms with E-state index in [1.807, 2.05) is 26.0 Å². The summed E-state index contributed by atoms with van der Waals surface area (Å²) in [6, 6.07) is 3.27. The molecule has 1 aromatic heterocycles. The van der Waals surface area contributed by atoms with Crippen molar-refractivity contribution in [1.29, 1.82) is 0 Å². The molecule has 8 nitrogen and oxygen atoms in total. The second-order valence-electron chi connectivity index (χ2n) is 7.12. The van der Waals surface area contributed by atoms with Crippen molar-refractivity contribution in [2.45, 2.75) is 51.7 Å². The van der Waals surface area contributed by atoms with Gasteiger partial charge in [-0.2, -0.15) is 4.98 Å². The molecule has 0 aliphatic carbocycles. The molecule has 10 heteroatoms. The summed E-state index contributed by atoms with van der Waals surface area (Å²) >= 11 is 5.19. The maximum atomic E-state index is 13.0. The van der Waals surface area contributed by atoms with Gasteiger partial charge in [0.2, 0.25) is 11.1 Å². The molecule has 0 saturated heterocycles. The third-order valence-corrected chi connectivity index (χ3v) is 6.42. The predicted molar refractivity (Wildman–Crippen MR) is 129 cm³/mol. The first-order chi connectivity index (χ1) is 15.4. The van der Waals surface area contributed by atoms with Crippen LogP contribution in [0.5, 0.6) is 11.5 Å². The van der Waals surface area contributed by atoms with E-state index >= 15 is 0 Å². The van der Waals surface area contributed by atoms with Gasteiger partial charge in [0.1, 0.15) is 6.04 Å². The second-order valence-corrected chi connectivity index (χ2v) is 9.03. The highest BCUT2D eigenvalue weighted by molar-refractivity contribution is 9.10. The van der Waals surface area contributed by atoms with Gasteiger partial charge >= 0.3 is 5.97 Å². The van der Waals surface area contributed by atoms with Crippen molar-refractivity contribution in [2.75, 3.05) is 31.4 Å². The van der Waals surface area contributed by atoms with Gasteiger partial charge in [0.25, 0.3) is 0 Å². The number of carbonyl (C=O) groups excluding carboxylic acids is 1. The number of thioether (sulfide) groups is 1. The zero-order chi connectivity index (χ0) is 23.3. The molecule has 1 aliphatic rings. The molecule has 0 saturated carbocycles. The highest BCUT2D eigenvalue weighted by Gasteiger charge is 2.36. The van der Waals surface area contributed by atoms with Crippen molar-refractivity contribution < 1.29 is 19.0 Å². The minimum atomic E-state index is -0.528. The summed E-state index contributed by atoms with van der Waals surface area (Å²) in [7, 11) is 1.59. The number of unbranched alkanes of at least 4 members (excludes halogenated alkanes) is 1. The zero-order valence-corrected chi connectivity index (χ0v) is 21.4. The largest absolute Gasteiger partial charge is 0.492 e. The molecule has 1 aromatic carbocycles. The Morgan fingerprint density at radius 3 is 2.72 bits per heavy atom. The van der Waals surface area contributed by atoms with E-state index in [0.29, 0.717) is 40.5 Å². The number of fused-ring (bicyclic) bond motifs is 1. The summed E-state index contributed by atoms with van der Waals surface area (Å²) in [6.07, 6.45) is 2.19. The summed E-state index contributed by atoms with van der Waals surface area (Å²) in [5, 5.41) is 8.62. The van der Waals surface area contributed by atoms with E-state index < -0.39 is 12.0 Å². The fourth-order valence-electron chi connectivity index (χ4n) is 3.49. The molecule has 0 radical (unpaired) electrons. The number of nitrogens with zero attached hydrogens (tertiary/aromatic N) is 3. The predicted octanol–water partition coefficient (Wildman–Crippen LogP) is 5.19. The lowest BCUT2D eigenvalue weighted by Gasteiger charge is -2.28. The van der Waals surface area contributed by atoms with Crippen LogP contribution in [-0.2, 0) is 9.53 Å². The maximum absolute atomic E-state index is 13.0. The van der Waals surface area contributed by atoms with Gasteiger partial charge in [-0.3, -0.25) is 0 Å². The lowest BCUT2D eigenvalue weighted by atomic mass is 9.95. The molecule has 0 spiro atoms. The Morgan fingerprint density at radius 1 is 1.28 bits per heavy atom. The standard InChI is InChI=1S/C22H29BrN4O4S/c1-6-9-10-32-22-25-21-24-13(4)17(20(28)31-8-3)18(27(21)26-22)14-11-15(23)19(29-5)16(12-14)30-7-2/h11-12,18H,6-10H2,1-5H3,(H,24,25,26). The molecule has 32 heavy (non-hydrogen) atoms. The number of nitrogens with one attached hydrogen (secondary N) is 1. The van der Waals surface area contributed by atoms with Crippen molar-refractivity contribution in [3.63, 3.8) is 0 Å². The van der Waals surface area contributed by atoms with Gasteiger partial charge < -0.3 is 19.5 Å². The number of esters is 1. The van der Waals surface area contributed by atoms with Crippen LogP contribution >= 0.6 is 27.7 Å². The van der Waals surface area contributed by atoms with E-state index in [1.165, 1.54) is 0 Å². The van der Waals surface area contributed by atoms with E-state index in [0.717, 1.165) is 28.6 Å². The molecule has 0 fully saturated rings. The molecule has 1 aliphatic heterocycles. The number of halogens is 1. The summed E-state index contributed by atoms with van der Waals surface area (Å²) in [5.74, 6) is 2.30. The van der Waals surface area contributed by atoms with Crippen molar-refractivity contribution in [3.8, 4) is 11.5 Å². The van der Waals surface area contributed by atoms with Crippen LogP contribution in [-0.4, -0.2) is 46.8 Å². The third kappa shape index (κ3) is 5.06. The molecular weight excluding hydrogens is 496 g/mol. The Morgan fingerprint density at radius 2 is 2.06 bits per heavy atom. The van der Waals surface area contributed by atoms with Crippen molar-refractivity contribution in [2.24, 2.45) is 0 Å². The highest BCUT2D eigenvalue weighted by Crippen LogP contribution is 2.43. The number of anilines is 1. The summed E-state index contributed by atoms with van der Waals surface area (Å²) in [4.78, 5) is 17.6. The molecule has 2 heterocycles. The van der Waals surface area contributed by atoms with Gasteiger partial charge in [0, 0.05) is 11.4 Å². The van der Waals surface area contributed by atoms with Crippen LogP contribution < -0.4 is 14.8 Å². The van der Waals surface area contributed by atoms with Gasteiger partial charge in [-0.25, -0.2) is 9.48 Å². The number of benzene rings is 1. The van der Waals surface area contributed by atoms with Gasteiger partial charge in [0.15, 0.2) is 11.5 Å². The first-order valence-corrected chi connectivity index (χ1v) is 12.5. The fourth-order valence-corrected chi connectivity index (χ4v) is 5.02. The second kappa shape index (κ2) is 11.1. The average Bonchev–Trinajstić information content (AvgIpc) is 3.15. The molecule has 174 valence electrons. The summed E-state index contributed by atoms with van der Waals surface area (Å²) < 4.78 is 19.2. The molecule has 0 amide bonds. The van der Waals surface area contributed by atoms with Crippen LogP contribution in [0.25, 0.3) is 0 Å². The SMILES string of the molecule is CCCCSc1nc2n(n1)C(c1cc(Br)c(OC)c(OCC)c1)C(C(=O)OCC)=C(C)N2. The normalized spacial score (nSPS) is 15.2. The maximum Gasteiger partial charge on any atom is 0.338 e. The number of hydrogen-bond acceptors (Lipinski definition) is 8. The van der Waals surface area contributed by atoms with Crippen molar-refractivity contribution >= 4 is 39.6 Å². The Balaban J connectivity index is 2.14. The molecule has 3 rings (SSSR count). The first-order valence-electron chi connectivity index (χ1n) is 10.7. The van der Waals surface area contributed by atoms with Crippen molar-refractivity contribution in [1.82, 2.24) is 14.8 Å². The molecule has 1 N–H and O–H groups in total. The number of carbonyl (C=O) groups is 1. The molecule has 1 unspecified atom stereocenters. The Hall–Kier alpha value is -2.20. The number of aromatic nitrogens is 3. The summed E-state index contributed by atoms with van der Waals surface area (Å²) in [5.41, 5.74) is 1.97. The van der Waals surface area contributed by atoms with Crippen LogP contribution in [0.4, 0.5) is 5.95 Å². The van der Waals surface area contributed by atoms with Crippen LogP contribution in [0, 0.1) is 0 Å². The molecular formula is C22H29BrN4O4S. The number of allylic oxidation sites excluding steroid dienone is 1. The highest BCUT2D eigenvalue weighted by atomic mass is 79.9. The minimum absolute atomic E-state index is 0.279. The fraction of sp³-hybridized carbons (Fsp3) is 0.500. The van der Waals surface area contributed by atoms with E-state index in [1.54, 1.807) is 30.5 Å². The number of hydrogen-bond donors (Lipinski definition) is 1. The Kier molecular flexibility index (Phi) is 8.47. The topological polar surface area (TPSA) is 87.5 Å². The van der Waals surface area contributed by atoms with Gasteiger partial charge in [0.05, 0.1) is 30.4 Å². The van der Waals surface area contributed by atoms with Gasteiger partial charge in [-0.1, -0.05) is 25.1 Å². The van der Waals surface area contributed by atoms with E-state index in [-0.39, 0.29) is 6.61 Å². The number of methoxy groups -OCH3 is 1. The molecule has 0 bridgehead atoms. The van der Waals surface area contributed by atoms with E-state index in [4.69, 9.17) is 19.3 Å². The van der Waals surface area contributed by atoms with Crippen LogP contribution in [0.3, 0.4) is 0 Å². The lowest BCUT2D eigenvalue weighted by molar-refractivity contribution is -0.139.